The number of hydrogen-bond donors (Lipinski definition) is 0. The lowest BCUT2D eigenvalue weighted by atomic mass is 9.77. The second-order valence-electron chi connectivity index (χ2n) is 7.79. The van der Waals surface area contributed by atoms with Crippen molar-refractivity contribution in [2.24, 2.45) is 5.92 Å². The standard InChI is InChI=1S/C25H30O3/c1-4-5-19-6-8-20(9-7-19)21-10-14-24(15-11-21)28-25(26)22-12-16-23(17-13-22)27-18(2)3/h10-17,19-20H,2,4-9H2,1,3H3/t19-,20-. The summed E-state index contributed by atoms with van der Waals surface area (Å²) in [5.74, 6) is 3.02. The largest absolute Gasteiger partial charge is 0.463 e. The molecule has 3 rings (SSSR count). The van der Waals surface area contributed by atoms with Gasteiger partial charge in [-0.2, -0.15) is 0 Å². The van der Waals surface area contributed by atoms with E-state index >= 15 is 0 Å². The van der Waals surface area contributed by atoms with Crippen LogP contribution in [0.15, 0.2) is 60.9 Å². The van der Waals surface area contributed by atoms with Crippen LogP contribution in [0.5, 0.6) is 11.5 Å². The van der Waals surface area contributed by atoms with Crippen LogP contribution < -0.4 is 9.47 Å². The third kappa shape index (κ3) is 5.48. The number of rotatable bonds is 7. The van der Waals surface area contributed by atoms with Gasteiger partial charge in [-0.15, -0.1) is 0 Å². The van der Waals surface area contributed by atoms with Crippen molar-refractivity contribution in [3.8, 4) is 11.5 Å². The number of carbonyl (C=O) groups is 1. The lowest BCUT2D eigenvalue weighted by Gasteiger charge is -2.28. The summed E-state index contributed by atoms with van der Waals surface area (Å²) in [5.41, 5.74) is 1.85. The summed E-state index contributed by atoms with van der Waals surface area (Å²) >= 11 is 0. The van der Waals surface area contributed by atoms with Gasteiger partial charge in [0.1, 0.15) is 11.5 Å². The van der Waals surface area contributed by atoms with Gasteiger partial charge in [-0.3, -0.25) is 0 Å². The van der Waals surface area contributed by atoms with Gasteiger partial charge in [0.05, 0.1) is 11.3 Å². The van der Waals surface area contributed by atoms with Crippen LogP contribution in [-0.4, -0.2) is 5.97 Å². The molecule has 0 unspecified atom stereocenters. The summed E-state index contributed by atoms with van der Waals surface area (Å²) in [6.07, 6.45) is 7.85. The van der Waals surface area contributed by atoms with Crippen molar-refractivity contribution in [3.63, 3.8) is 0 Å². The average molecular weight is 379 g/mol. The Balaban J connectivity index is 1.55. The molecule has 1 fully saturated rings. The van der Waals surface area contributed by atoms with Gasteiger partial charge in [0.25, 0.3) is 0 Å². The Labute approximate surface area is 168 Å². The van der Waals surface area contributed by atoms with Crippen molar-refractivity contribution in [2.75, 3.05) is 0 Å². The second kappa shape index (κ2) is 9.59. The van der Waals surface area contributed by atoms with E-state index in [2.05, 4.69) is 25.6 Å². The molecule has 0 heterocycles. The maximum atomic E-state index is 12.4. The van der Waals surface area contributed by atoms with Crippen molar-refractivity contribution in [1.82, 2.24) is 0 Å². The van der Waals surface area contributed by atoms with E-state index < -0.39 is 0 Å². The third-order valence-electron chi connectivity index (χ3n) is 5.49. The first kappa shape index (κ1) is 20.2. The molecule has 0 radical (unpaired) electrons. The van der Waals surface area contributed by atoms with Gasteiger partial charge in [-0.1, -0.05) is 38.5 Å². The molecule has 3 nitrogen and oxygen atoms in total. The van der Waals surface area contributed by atoms with Crippen LogP contribution in [-0.2, 0) is 0 Å². The Morgan fingerprint density at radius 2 is 1.50 bits per heavy atom. The molecule has 2 aromatic carbocycles. The predicted molar refractivity (Wildman–Crippen MR) is 113 cm³/mol. The van der Waals surface area contributed by atoms with Crippen LogP contribution in [0.2, 0.25) is 0 Å². The summed E-state index contributed by atoms with van der Waals surface area (Å²) in [6, 6.07) is 14.9. The Bertz CT molecular complexity index is 782. The molecule has 0 N–H and O–H groups in total. The SMILES string of the molecule is C=C(C)Oc1ccc(C(=O)Oc2ccc([C@H]3CC[C@H](CCC)CC3)cc2)cc1. The van der Waals surface area contributed by atoms with E-state index in [1.54, 1.807) is 31.2 Å². The Kier molecular flexibility index (Phi) is 6.91. The molecular weight excluding hydrogens is 348 g/mol. The highest BCUT2D eigenvalue weighted by Gasteiger charge is 2.21. The van der Waals surface area contributed by atoms with Gasteiger partial charge in [-0.05, 0) is 86.4 Å². The van der Waals surface area contributed by atoms with Crippen molar-refractivity contribution in [1.29, 1.82) is 0 Å². The number of allylic oxidation sites excluding steroid dienone is 1. The van der Waals surface area contributed by atoms with Gasteiger partial charge in [-0.25, -0.2) is 4.79 Å². The average Bonchev–Trinajstić information content (AvgIpc) is 2.69. The quantitative estimate of drug-likeness (QED) is 0.299. The Morgan fingerprint density at radius 1 is 0.929 bits per heavy atom. The van der Waals surface area contributed by atoms with Gasteiger partial charge >= 0.3 is 5.97 Å². The van der Waals surface area contributed by atoms with E-state index in [1.807, 2.05) is 12.1 Å². The van der Waals surface area contributed by atoms with Crippen LogP contribution in [0.1, 0.15) is 74.2 Å². The summed E-state index contributed by atoms with van der Waals surface area (Å²) in [6.45, 7) is 7.76. The van der Waals surface area contributed by atoms with Gasteiger partial charge in [0.2, 0.25) is 0 Å². The van der Waals surface area contributed by atoms with Crippen LogP contribution in [0, 0.1) is 5.92 Å². The monoisotopic (exact) mass is 378 g/mol. The van der Waals surface area contributed by atoms with Crippen molar-refractivity contribution in [3.05, 3.63) is 72.0 Å². The molecule has 0 aliphatic heterocycles. The lowest BCUT2D eigenvalue weighted by molar-refractivity contribution is 0.0734. The molecule has 2 aromatic rings. The molecule has 0 saturated heterocycles. The minimum atomic E-state index is -0.366. The summed E-state index contributed by atoms with van der Waals surface area (Å²) in [5, 5.41) is 0. The van der Waals surface area contributed by atoms with Crippen molar-refractivity contribution in [2.45, 2.75) is 58.3 Å². The number of benzene rings is 2. The first-order valence-electron chi connectivity index (χ1n) is 10.3. The number of esters is 1. The molecule has 3 heteroatoms. The first-order chi connectivity index (χ1) is 13.5. The van der Waals surface area contributed by atoms with Crippen molar-refractivity contribution >= 4 is 5.97 Å². The molecule has 28 heavy (non-hydrogen) atoms. The summed E-state index contributed by atoms with van der Waals surface area (Å²) in [7, 11) is 0. The maximum Gasteiger partial charge on any atom is 0.343 e. The third-order valence-corrected chi connectivity index (χ3v) is 5.49. The predicted octanol–water partition coefficient (Wildman–Crippen LogP) is 6.89. The molecule has 0 atom stereocenters. The molecule has 0 amide bonds. The molecular formula is C25H30O3. The minimum absolute atomic E-state index is 0.366. The summed E-state index contributed by atoms with van der Waals surface area (Å²) < 4.78 is 10.9. The molecule has 148 valence electrons. The fourth-order valence-electron chi connectivity index (χ4n) is 4.03. The van der Waals surface area contributed by atoms with E-state index in [0.29, 0.717) is 28.7 Å². The van der Waals surface area contributed by atoms with E-state index in [-0.39, 0.29) is 5.97 Å². The van der Waals surface area contributed by atoms with E-state index in [1.165, 1.54) is 44.1 Å². The first-order valence-corrected chi connectivity index (χ1v) is 10.3. The number of carbonyl (C=O) groups excluding carboxylic acids is 1. The molecule has 1 aliphatic rings. The van der Waals surface area contributed by atoms with Gasteiger partial charge < -0.3 is 9.47 Å². The zero-order valence-electron chi connectivity index (χ0n) is 16.9. The number of hydrogen-bond acceptors (Lipinski definition) is 3. The molecule has 0 bridgehead atoms. The maximum absolute atomic E-state index is 12.4. The Hall–Kier alpha value is -2.55. The molecule has 0 aromatic heterocycles. The topological polar surface area (TPSA) is 35.5 Å². The van der Waals surface area contributed by atoms with E-state index in [4.69, 9.17) is 9.47 Å². The number of ether oxygens (including phenoxy) is 2. The Morgan fingerprint density at radius 3 is 2.07 bits per heavy atom. The van der Waals surface area contributed by atoms with Crippen LogP contribution >= 0.6 is 0 Å². The highest BCUT2D eigenvalue weighted by Crippen LogP contribution is 2.37. The van der Waals surface area contributed by atoms with Crippen LogP contribution in [0.3, 0.4) is 0 Å². The fraction of sp³-hybridized carbons (Fsp3) is 0.400. The molecule has 1 aliphatic carbocycles. The van der Waals surface area contributed by atoms with Gasteiger partial charge in [0.15, 0.2) is 0 Å². The molecule has 1 saturated carbocycles. The van der Waals surface area contributed by atoms with E-state index in [0.717, 1.165) is 5.92 Å². The van der Waals surface area contributed by atoms with Gasteiger partial charge in [0, 0.05) is 0 Å². The van der Waals surface area contributed by atoms with Crippen LogP contribution in [0.25, 0.3) is 0 Å². The van der Waals surface area contributed by atoms with Crippen LogP contribution in [0.4, 0.5) is 0 Å². The smallest absolute Gasteiger partial charge is 0.343 e. The zero-order valence-corrected chi connectivity index (χ0v) is 16.9. The zero-order chi connectivity index (χ0) is 19.9. The second-order valence-corrected chi connectivity index (χ2v) is 7.79. The lowest BCUT2D eigenvalue weighted by Crippen LogP contribution is -2.13. The summed E-state index contributed by atoms with van der Waals surface area (Å²) in [4.78, 5) is 12.4. The highest BCUT2D eigenvalue weighted by atomic mass is 16.5. The van der Waals surface area contributed by atoms with E-state index in [9.17, 15) is 4.79 Å². The highest BCUT2D eigenvalue weighted by molar-refractivity contribution is 5.91. The molecule has 0 spiro atoms. The van der Waals surface area contributed by atoms with Crippen molar-refractivity contribution < 1.29 is 14.3 Å². The fourth-order valence-corrected chi connectivity index (χ4v) is 4.03. The minimum Gasteiger partial charge on any atom is -0.463 e. The normalized spacial score (nSPS) is 19.1.